The Bertz CT molecular complexity index is 590. The van der Waals surface area contributed by atoms with Crippen LogP contribution in [-0.2, 0) is 19.1 Å². The molecule has 5 unspecified atom stereocenters. The smallest absolute Gasteiger partial charge is 0.409 e. The zero-order valence-corrected chi connectivity index (χ0v) is 16.8. The van der Waals surface area contributed by atoms with Gasteiger partial charge in [0.15, 0.2) is 6.10 Å². The lowest BCUT2D eigenvalue weighted by molar-refractivity contribution is -0.278. The maximum absolute atomic E-state index is 12.4. The molecule has 5 N–H and O–H groups in total. The van der Waals surface area contributed by atoms with Gasteiger partial charge in [-0.3, -0.25) is 4.79 Å². The third kappa shape index (κ3) is 6.13. The van der Waals surface area contributed by atoms with Gasteiger partial charge in [0.25, 0.3) is 0 Å². The van der Waals surface area contributed by atoms with Crippen LogP contribution in [0.1, 0.15) is 47.5 Å². The van der Waals surface area contributed by atoms with Crippen molar-refractivity contribution in [3.63, 3.8) is 0 Å². The normalized spacial score (nSPS) is 28.5. The topological polar surface area (TPSA) is 163 Å². The van der Waals surface area contributed by atoms with E-state index in [2.05, 4.69) is 5.32 Å². The van der Waals surface area contributed by atoms with E-state index in [4.69, 9.17) is 14.6 Å². The Morgan fingerprint density at radius 1 is 1.04 bits per heavy atom. The molecule has 0 aromatic rings. The quantitative estimate of drug-likeness (QED) is 0.375. The van der Waals surface area contributed by atoms with Crippen molar-refractivity contribution in [2.45, 2.75) is 78.2 Å². The molecule has 1 aliphatic heterocycles. The molecule has 0 aromatic heterocycles. The first kappa shape index (κ1) is 24.3. The zero-order valence-electron chi connectivity index (χ0n) is 16.8. The zero-order chi connectivity index (χ0) is 21.9. The van der Waals surface area contributed by atoms with Crippen molar-refractivity contribution in [1.29, 1.82) is 0 Å². The van der Waals surface area contributed by atoms with Crippen molar-refractivity contribution in [2.24, 2.45) is 10.8 Å². The first-order valence-electron chi connectivity index (χ1n) is 9.12. The molecule has 0 spiro atoms. The van der Waals surface area contributed by atoms with E-state index in [1.54, 1.807) is 13.8 Å². The number of alkyl carbamates (subject to hydrolysis) is 1. The Kier molecular flexibility index (Phi) is 7.95. The summed E-state index contributed by atoms with van der Waals surface area (Å²) in [5.74, 6) is -1.52. The highest BCUT2D eigenvalue weighted by molar-refractivity contribution is 5.84. The third-order valence-corrected chi connectivity index (χ3v) is 5.03. The van der Waals surface area contributed by atoms with E-state index >= 15 is 0 Å². The van der Waals surface area contributed by atoms with E-state index in [9.17, 15) is 29.7 Å². The highest BCUT2D eigenvalue weighted by Crippen LogP contribution is 2.29. The van der Waals surface area contributed by atoms with Crippen molar-refractivity contribution in [1.82, 2.24) is 5.32 Å². The van der Waals surface area contributed by atoms with Crippen molar-refractivity contribution >= 4 is 17.8 Å². The minimum atomic E-state index is -1.87. The second-order valence-electron chi connectivity index (χ2n) is 8.50. The number of hydrogen-bond donors (Lipinski definition) is 5. The molecular weight excluding hydrogens is 374 g/mol. The van der Waals surface area contributed by atoms with Crippen LogP contribution in [-0.4, -0.2) is 75.5 Å². The minimum Gasteiger partial charge on any atom is -0.479 e. The van der Waals surface area contributed by atoms with Crippen LogP contribution in [0.3, 0.4) is 0 Å². The number of carboxylic acids is 1. The van der Waals surface area contributed by atoms with Crippen molar-refractivity contribution in [3.05, 3.63) is 0 Å². The fraction of sp³-hybridized carbons (Fsp3) is 0.833. The van der Waals surface area contributed by atoms with Crippen LogP contribution in [0.25, 0.3) is 0 Å². The molecule has 1 rings (SSSR count). The standard InChI is InChI=1S/C18H31NO9/c1-6-18(4,5)9(20)7-17(2,3)8-19-16(26)28-15-12(23)10(21)11(22)13(27-15)14(24)25/h10-13,15,21-23H,6-8H2,1-5H3,(H,19,26)(H,24,25). The Morgan fingerprint density at radius 2 is 1.61 bits per heavy atom. The number of ketones is 1. The van der Waals surface area contributed by atoms with Crippen LogP contribution in [0.2, 0.25) is 0 Å². The molecule has 1 aliphatic rings. The van der Waals surface area contributed by atoms with E-state index in [1.807, 2.05) is 20.8 Å². The molecule has 5 atom stereocenters. The highest BCUT2D eigenvalue weighted by Gasteiger charge is 2.48. The molecule has 0 aliphatic carbocycles. The van der Waals surface area contributed by atoms with Crippen molar-refractivity contribution in [2.75, 3.05) is 6.54 Å². The van der Waals surface area contributed by atoms with Gasteiger partial charge in [-0.15, -0.1) is 0 Å². The number of aliphatic hydroxyl groups excluding tert-OH is 3. The molecule has 0 radical (unpaired) electrons. The number of hydrogen-bond acceptors (Lipinski definition) is 8. The van der Waals surface area contributed by atoms with E-state index in [1.165, 1.54) is 0 Å². The number of Topliss-reactive ketones (excluding diaryl/α,β-unsaturated/α-hetero) is 1. The van der Waals surface area contributed by atoms with E-state index in [0.29, 0.717) is 6.42 Å². The summed E-state index contributed by atoms with van der Waals surface area (Å²) in [6.07, 6.45) is -9.30. The second kappa shape index (κ2) is 9.17. The summed E-state index contributed by atoms with van der Waals surface area (Å²) in [6, 6.07) is 0. The van der Waals surface area contributed by atoms with Crippen molar-refractivity contribution in [3.8, 4) is 0 Å². The largest absolute Gasteiger partial charge is 0.479 e. The van der Waals surface area contributed by atoms with Crippen LogP contribution in [0, 0.1) is 10.8 Å². The monoisotopic (exact) mass is 405 g/mol. The SMILES string of the molecule is CCC(C)(C)C(=O)CC(C)(C)CNC(=O)OC1OC(C(=O)O)C(O)C(O)C1O. The van der Waals surface area contributed by atoms with E-state index < -0.39 is 53.6 Å². The number of carbonyl (C=O) groups excluding carboxylic acids is 2. The molecule has 10 heteroatoms. The number of amides is 1. The number of aliphatic carboxylic acids is 1. The Hall–Kier alpha value is -1.75. The Balaban J connectivity index is 2.63. The van der Waals surface area contributed by atoms with Crippen LogP contribution >= 0.6 is 0 Å². The first-order chi connectivity index (χ1) is 12.7. The van der Waals surface area contributed by atoms with Gasteiger partial charge in [-0.2, -0.15) is 0 Å². The van der Waals surface area contributed by atoms with Gasteiger partial charge in [0.2, 0.25) is 6.29 Å². The summed E-state index contributed by atoms with van der Waals surface area (Å²) in [4.78, 5) is 35.4. The third-order valence-electron chi connectivity index (χ3n) is 5.03. The second-order valence-corrected chi connectivity index (χ2v) is 8.50. The summed E-state index contributed by atoms with van der Waals surface area (Å²) in [5, 5.41) is 40.6. The fourth-order valence-corrected chi connectivity index (χ4v) is 2.54. The molecular formula is C18H31NO9. The Labute approximate surface area is 163 Å². The van der Waals surface area contributed by atoms with Crippen LogP contribution in [0.5, 0.6) is 0 Å². The summed E-state index contributed by atoms with van der Waals surface area (Å²) >= 11 is 0. The van der Waals surface area contributed by atoms with Crippen molar-refractivity contribution < 1.29 is 44.3 Å². The fourth-order valence-electron chi connectivity index (χ4n) is 2.54. The molecule has 0 saturated carbocycles. The lowest BCUT2D eigenvalue weighted by Gasteiger charge is -2.38. The summed E-state index contributed by atoms with van der Waals surface area (Å²) in [7, 11) is 0. The molecule has 0 bridgehead atoms. The van der Waals surface area contributed by atoms with Gasteiger partial charge in [0.05, 0.1) is 0 Å². The molecule has 1 saturated heterocycles. The average Bonchev–Trinajstić information content (AvgIpc) is 2.59. The van der Waals surface area contributed by atoms with Gasteiger partial charge >= 0.3 is 12.1 Å². The number of carboxylic acid groups (broad SMARTS) is 1. The molecule has 10 nitrogen and oxygen atoms in total. The number of ether oxygens (including phenoxy) is 2. The minimum absolute atomic E-state index is 0.0580. The van der Waals surface area contributed by atoms with Gasteiger partial charge in [-0.25, -0.2) is 9.59 Å². The summed E-state index contributed by atoms with van der Waals surface area (Å²) in [5.41, 5.74) is -1.05. The molecule has 1 heterocycles. The first-order valence-corrected chi connectivity index (χ1v) is 9.12. The van der Waals surface area contributed by atoms with Crippen LogP contribution < -0.4 is 5.32 Å². The number of aliphatic hydroxyl groups is 3. The number of carbonyl (C=O) groups is 3. The van der Waals surface area contributed by atoms with Gasteiger partial charge in [0, 0.05) is 18.4 Å². The van der Waals surface area contributed by atoms with Crippen LogP contribution in [0.15, 0.2) is 0 Å². The van der Waals surface area contributed by atoms with E-state index in [-0.39, 0.29) is 18.7 Å². The maximum Gasteiger partial charge on any atom is 0.409 e. The van der Waals surface area contributed by atoms with Crippen LogP contribution in [0.4, 0.5) is 4.79 Å². The summed E-state index contributed by atoms with van der Waals surface area (Å²) < 4.78 is 9.72. The average molecular weight is 405 g/mol. The molecule has 0 aromatic carbocycles. The predicted octanol–water partition coefficient (Wildman–Crippen LogP) is 0.0264. The number of nitrogens with one attached hydrogen (secondary N) is 1. The maximum atomic E-state index is 12.4. The molecule has 1 amide bonds. The number of rotatable bonds is 8. The van der Waals surface area contributed by atoms with Gasteiger partial charge in [0.1, 0.15) is 24.1 Å². The molecule has 162 valence electrons. The van der Waals surface area contributed by atoms with Gasteiger partial charge in [-0.1, -0.05) is 34.6 Å². The summed E-state index contributed by atoms with van der Waals surface area (Å²) in [6.45, 7) is 9.30. The van der Waals surface area contributed by atoms with E-state index in [0.717, 1.165) is 0 Å². The Morgan fingerprint density at radius 3 is 2.11 bits per heavy atom. The molecule has 1 fully saturated rings. The lowest BCUT2D eigenvalue weighted by atomic mass is 9.76. The van der Waals surface area contributed by atoms with Gasteiger partial charge in [-0.05, 0) is 11.8 Å². The lowest BCUT2D eigenvalue weighted by Crippen LogP contribution is -2.61. The predicted molar refractivity (Wildman–Crippen MR) is 96.3 cm³/mol. The molecule has 28 heavy (non-hydrogen) atoms. The van der Waals surface area contributed by atoms with Gasteiger partial charge < -0.3 is 35.2 Å². The highest BCUT2D eigenvalue weighted by atomic mass is 16.7.